The molecule has 70 heavy (non-hydrogen) atoms. The molecular formula is C55H77N9O6. The van der Waals surface area contributed by atoms with Gasteiger partial charge in [-0.05, 0) is 129 Å². The van der Waals surface area contributed by atoms with Crippen molar-refractivity contribution >= 4 is 41.1 Å². The highest BCUT2D eigenvalue weighted by Crippen LogP contribution is 2.35. The highest BCUT2D eigenvalue weighted by Gasteiger charge is 2.47. The first-order chi connectivity index (χ1) is 33.2. The van der Waals surface area contributed by atoms with Crippen LogP contribution in [0.25, 0.3) is 0 Å². The molecule has 2 unspecified atom stereocenters. The van der Waals surface area contributed by atoms with Crippen LogP contribution in [0.2, 0.25) is 0 Å². The Bertz CT molecular complexity index is 2430. The number of nitrogens with zero attached hydrogens (tertiary/aromatic N) is 2. The quantitative estimate of drug-likeness (QED) is 0.117. The molecule has 15 heteroatoms. The molecule has 1 fully saturated rings. The first-order valence-corrected chi connectivity index (χ1v) is 25.4. The van der Waals surface area contributed by atoms with Crippen LogP contribution in [-0.4, -0.2) is 108 Å². The van der Waals surface area contributed by atoms with Crippen LogP contribution in [0.5, 0.6) is 0 Å². The summed E-state index contributed by atoms with van der Waals surface area (Å²) in [5.41, 5.74) is 5.76. The summed E-state index contributed by atoms with van der Waals surface area (Å²) in [5, 5.41) is 22.2. The third-order valence-electron chi connectivity index (χ3n) is 15.0. The lowest BCUT2D eigenvalue weighted by Crippen LogP contribution is -2.62. The Kier molecular flexibility index (Phi) is 16.1. The summed E-state index contributed by atoms with van der Waals surface area (Å²) in [5.74, 6) is -1.79. The summed E-state index contributed by atoms with van der Waals surface area (Å²) < 4.78 is 0. The lowest BCUT2D eigenvalue weighted by atomic mass is 9.83. The summed E-state index contributed by atoms with van der Waals surface area (Å²) >= 11 is 0. The van der Waals surface area contributed by atoms with Gasteiger partial charge < -0.3 is 47.0 Å². The largest absolute Gasteiger partial charge is 0.380 e. The number of carbonyl (C=O) groups is 6. The third kappa shape index (κ3) is 11.7. The molecule has 15 nitrogen and oxygen atoms in total. The third-order valence-corrected chi connectivity index (χ3v) is 15.0. The van der Waals surface area contributed by atoms with E-state index in [4.69, 9.17) is 0 Å². The van der Waals surface area contributed by atoms with E-state index in [9.17, 15) is 24.0 Å². The highest BCUT2D eigenvalue weighted by molar-refractivity contribution is 5.95. The maximum atomic E-state index is 15.0. The average molecular weight is 960 g/mol. The molecule has 378 valence electrons. The van der Waals surface area contributed by atoms with Crippen LogP contribution in [0.15, 0.2) is 66.7 Å². The minimum atomic E-state index is -0.931. The number of amides is 6. The molecule has 3 aromatic carbocycles. The Morgan fingerprint density at radius 3 is 1.59 bits per heavy atom. The van der Waals surface area contributed by atoms with Crippen molar-refractivity contribution in [2.45, 2.75) is 168 Å². The van der Waals surface area contributed by atoms with E-state index in [0.29, 0.717) is 6.42 Å². The van der Waals surface area contributed by atoms with Crippen LogP contribution in [0.1, 0.15) is 133 Å². The van der Waals surface area contributed by atoms with Gasteiger partial charge in [0, 0.05) is 31.2 Å². The number of likely N-dealkylation sites (tertiary alicyclic amines) is 1. The van der Waals surface area contributed by atoms with Crippen molar-refractivity contribution in [2.24, 2.45) is 10.8 Å². The second-order valence-electron chi connectivity index (χ2n) is 22.2. The van der Waals surface area contributed by atoms with Crippen molar-refractivity contribution in [3.05, 3.63) is 100 Å². The van der Waals surface area contributed by atoms with E-state index in [1.54, 1.807) is 37.7 Å². The molecule has 4 aliphatic rings. The number of rotatable bonds is 14. The van der Waals surface area contributed by atoms with E-state index in [0.717, 1.165) is 66.5 Å². The molecule has 0 spiro atoms. The Labute approximate surface area is 414 Å². The van der Waals surface area contributed by atoms with Crippen molar-refractivity contribution in [1.29, 1.82) is 0 Å². The molecular weight excluding hydrogens is 883 g/mol. The van der Waals surface area contributed by atoms with Crippen LogP contribution in [0.4, 0.5) is 5.69 Å². The van der Waals surface area contributed by atoms with Crippen LogP contribution in [-0.2, 0) is 54.6 Å². The van der Waals surface area contributed by atoms with Gasteiger partial charge in [-0.25, -0.2) is 0 Å². The zero-order valence-corrected chi connectivity index (χ0v) is 43.0. The minimum absolute atomic E-state index is 0.119. The number of benzene rings is 3. The summed E-state index contributed by atoms with van der Waals surface area (Å²) in [6.45, 7) is 15.2. The first kappa shape index (κ1) is 52.0. The fourth-order valence-electron chi connectivity index (χ4n) is 10.6. The molecule has 7 rings (SSSR count). The van der Waals surface area contributed by atoms with Gasteiger partial charge in [-0.1, -0.05) is 96.1 Å². The van der Waals surface area contributed by atoms with Gasteiger partial charge in [0.15, 0.2) is 0 Å². The molecule has 2 aliphatic carbocycles. The van der Waals surface area contributed by atoms with Gasteiger partial charge in [0.25, 0.3) is 0 Å². The molecule has 6 amide bonds. The molecule has 0 saturated carbocycles. The van der Waals surface area contributed by atoms with E-state index in [1.165, 1.54) is 11.1 Å². The van der Waals surface area contributed by atoms with Crippen molar-refractivity contribution in [2.75, 3.05) is 26.0 Å². The van der Waals surface area contributed by atoms with Crippen LogP contribution in [0.3, 0.4) is 0 Å². The highest BCUT2D eigenvalue weighted by atomic mass is 16.2. The van der Waals surface area contributed by atoms with E-state index >= 15 is 4.79 Å². The van der Waals surface area contributed by atoms with E-state index < -0.39 is 47.1 Å². The predicted molar refractivity (Wildman–Crippen MR) is 272 cm³/mol. The average Bonchev–Trinajstić information content (AvgIpc) is 3.76. The van der Waals surface area contributed by atoms with Crippen LogP contribution < -0.4 is 37.2 Å². The van der Waals surface area contributed by atoms with Gasteiger partial charge in [0.2, 0.25) is 35.4 Å². The number of likely N-dealkylation sites (N-methyl/N-ethyl adjacent to an activating group) is 2. The number of anilines is 1. The number of hydrogen-bond acceptors (Lipinski definition) is 9. The fraction of sp³-hybridized carbons (Fsp3) is 0.564. The molecule has 0 radical (unpaired) electrons. The zero-order valence-electron chi connectivity index (χ0n) is 43.0. The molecule has 0 aromatic heterocycles. The number of hydrogen-bond donors (Lipinski definition) is 7. The molecule has 0 bridgehead atoms. The number of nitrogens with one attached hydrogen (secondary N) is 7. The standard InChI is InChI=1S/C55H77N9O6/c1-32(56-9)48(65)61-46(54(3,4)5)52(69)63-30-37-27-38(26-25-36(37)28-44(63)50(67)59-42-23-15-19-34-17-11-13-21-40(34)42)58-39-29-45(51(68)60-43-24-16-20-35-18-12-14-22-41(35)43)64(31-39)53(70)47(55(6,7)8)62-49(66)33(2)57-10/h11-14,17-18,21-22,25-27,32-33,39,42-47,56-58H,15-16,19-20,23-24,28-31H2,1-10H3,(H,59,67)(H,60,68)(H,61,65)(H,62,66)/t32-,33-,39-,42+,43?,44-,45-,46?,47+/m0/s1. The molecule has 9 atom stereocenters. The van der Waals surface area contributed by atoms with Crippen molar-refractivity contribution in [3.63, 3.8) is 0 Å². The predicted octanol–water partition coefficient (Wildman–Crippen LogP) is 4.99. The Balaban J connectivity index is 1.17. The summed E-state index contributed by atoms with van der Waals surface area (Å²) in [7, 11) is 3.38. The van der Waals surface area contributed by atoms with Crippen molar-refractivity contribution in [3.8, 4) is 0 Å². The fourth-order valence-corrected chi connectivity index (χ4v) is 10.6. The van der Waals surface area contributed by atoms with Gasteiger partial charge in [-0.3, -0.25) is 28.8 Å². The maximum absolute atomic E-state index is 15.0. The van der Waals surface area contributed by atoms with E-state index in [-0.39, 0.29) is 73.1 Å². The second-order valence-corrected chi connectivity index (χ2v) is 22.2. The molecule has 2 aliphatic heterocycles. The summed E-state index contributed by atoms with van der Waals surface area (Å²) in [6, 6.07) is 17.0. The lowest BCUT2D eigenvalue weighted by Gasteiger charge is -2.42. The Hall–Kier alpha value is -5.80. The van der Waals surface area contributed by atoms with Gasteiger partial charge in [-0.2, -0.15) is 0 Å². The SMILES string of the molecule is CN[C@@H](C)C(=O)NC(C(=O)N1Cc2cc(N[C@H]3C[C@@H](C(=O)NC4CCCc5ccccc54)N(C(=O)[C@@H](NC(=O)[C@H](C)NC)C(C)(C)C)C3)ccc2C[C@H]1C(=O)N[C@@H]1CCCc2ccccc21)C(C)(C)C. The van der Waals surface area contributed by atoms with Crippen molar-refractivity contribution in [1.82, 2.24) is 41.7 Å². The minimum Gasteiger partial charge on any atom is -0.380 e. The second kappa shape index (κ2) is 21.7. The topological polar surface area (TPSA) is 193 Å². The summed E-state index contributed by atoms with van der Waals surface area (Å²) in [6.07, 6.45) is 5.93. The molecule has 2 heterocycles. The smallest absolute Gasteiger partial charge is 0.246 e. The van der Waals surface area contributed by atoms with E-state index in [1.807, 2.05) is 84.0 Å². The number of aryl methyl sites for hydroxylation is 2. The normalized spacial score (nSPS) is 22.7. The van der Waals surface area contributed by atoms with Gasteiger partial charge in [-0.15, -0.1) is 0 Å². The Morgan fingerprint density at radius 2 is 1.09 bits per heavy atom. The lowest BCUT2D eigenvalue weighted by molar-refractivity contribution is -0.147. The maximum Gasteiger partial charge on any atom is 0.246 e. The van der Waals surface area contributed by atoms with Gasteiger partial charge in [0.05, 0.1) is 24.2 Å². The van der Waals surface area contributed by atoms with E-state index in [2.05, 4.69) is 61.5 Å². The summed E-state index contributed by atoms with van der Waals surface area (Å²) in [4.78, 5) is 89.0. The van der Waals surface area contributed by atoms with Crippen molar-refractivity contribution < 1.29 is 28.8 Å². The number of fused-ring (bicyclic) bond motifs is 3. The monoisotopic (exact) mass is 960 g/mol. The zero-order chi connectivity index (χ0) is 50.7. The van der Waals surface area contributed by atoms with Gasteiger partial charge >= 0.3 is 0 Å². The molecule has 1 saturated heterocycles. The number of carbonyl (C=O) groups excluding carboxylic acids is 6. The van der Waals surface area contributed by atoms with Gasteiger partial charge in [0.1, 0.15) is 24.2 Å². The van der Waals surface area contributed by atoms with Crippen LogP contribution in [0, 0.1) is 10.8 Å². The molecule has 7 N–H and O–H groups in total. The Morgan fingerprint density at radius 1 is 0.600 bits per heavy atom. The first-order valence-electron chi connectivity index (χ1n) is 25.4. The molecule has 3 aromatic rings. The van der Waals surface area contributed by atoms with Crippen LogP contribution >= 0.6 is 0 Å².